The molecule has 1 aromatic carbocycles. The van der Waals surface area contributed by atoms with Crippen LogP contribution in [0.5, 0.6) is 0 Å². The molecule has 2 aromatic rings. The molecule has 0 saturated heterocycles. The third-order valence-corrected chi connectivity index (χ3v) is 3.35. The number of nitrogens with one attached hydrogen (secondary N) is 1. The zero-order valence-electron chi connectivity index (χ0n) is 11.0. The van der Waals surface area contributed by atoms with Gasteiger partial charge in [0.05, 0.1) is 5.56 Å². The molecule has 0 aliphatic carbocycles. The fourth-order valence-corrected chi connectivity index (χ4v) is 2.43. The van der Waals surface area contributed by atoms with Crippen LogP contribution < -0.4 is 10.9 Å². The van der Waals surface area contributed by atoms with Crippen molar-refractivity contribution in [1.29, 1.82) is 0 Å². The van der Waals surface area contributed by atoms with Gasteiger partial charge in [0, 0.05) is 13.3 Å². The molecule has 3 rings (SSSR count). The van der Waals surface area contributed by atoms with Crippen LogP contribution >= 0.6 is 0 Å². The quantitative estimate of drug-likeness (QED) is 0.704. The normalized spacial score (nSPS) is 20.1. The number of rotatable bonds is 0. The summed E-state index contributed by atoms with van der Waals surface area (Å²) in [4.78, 5) is 12.0. The van der Waals surface area contributed by atoms with Gasteiger partial charge in [0.2, 0.25) is 0 Å². The van der Waals surface area contributed by atoms with Crippen LogP contribution in [0.4, 0.5) is 0 Å². The predicted molar refractivity (Wildman–Crippen MR) is 67.4 cm³/mol. The van der Waals surface area contributed by atoms with Gasteiger partial charge < -0.3 is 9.73 Å². The van der Waals surface area contributed by atoms with E-state index < -0.39 is 6.40 Å². The first-order valence-electron chi connectivity index (χ1n) is 6.36. The maximum absolute atomic E-state index is 12.0. The van der Waals surface area contributed by atoms with Gasteiger partial charge in [-0.25, -0.2) is 4.79 Å². The third kappa shape index (κ3) is 1.50. The summed E-state index contributed by atoms with van der Waals surface area (Å²) in [6.45, 7) is 5.00. The van der Waals surface area contributed by atoms with Gasteiger partial charge in [-0.3, -0.25) is 0 Å². The van der Waals surface area contributed by atoms with E-state index in [1.54, 1.807) is 0 Å². The number of aryl methyl sites for hydroxylation is 2. The summed E-state index contributed by atoms with van der Waals surface area (Å²) in [5, 5.41) is 4.03. The van der Waals surface area contributed by atoms with Crippen LogP contribution in [0.25, 0.3) is 11.0 Å². The Hall–Kier alpha value is -1.61. The first-order chi connectivity index (χ1) is 8.59. The Balaban J connectivity index is 2.53. The molecule has 0 fully saturated rings. The van der Waals surface area contributed by atoms with E-state index in [4.69, 9.17) is 5.79 Å². The number of hydrogen-bond donors (Lipinski definition) is 1. The minimum absolute atomic E-state index is 0.310. The molecule has 1 unspecified atom stereocenters. The second kappa shape index (κ2) is 3.70. The molecule has 1 aromatic heterocycles. The van der Waals surface area contributed by atoms with Crippen LogP contribution in [-0.2, 0) is 12.9 Å². The Morgan fingerprint density at radius 2 is 2.06 bits per heavy atom. The van der Waals surface area contributed by atoms with Crippen molar-refractivity contribution in [3.8, 4) is 0 Å². The minimum Gasteiger partial charge on any atom is -0.422 e. The van der Waals surface area contributed by atoms with E-state index in [2.05, 4.69) is 5.32 Å². The monoisotopic (exact) mass is 230 g/mol. The third-order valence-electron chi connectivity index (χ3n) is 3.35. The molecule has 1 atom stereocenters. The van der Waals surface area contributed by atoms with Gasteiger partial charge in [-0.1, -0.05) is 12.1 Å². The van der Waals surface area contributed by atoms with Gasteiger partial charge in [-0.05, 0) is 43.5 Å². The van der Waals surface area contributed by atoms with E-state index >= 15 is 0 Å². The molecule has 0 amide bonds. The number of benzene rings is 1. The summed E-state index contributed by atoms with van der Waals surface area (Å²) >= 11 is 0. The van der Waals surface area contributed by atoms with Crippen molar-refractivity contribution in [1.82, 2.24) is 5.32 Å². The highest BCUT2D eigenvalue weighted by molar-refractivity contribution is 5.87. The van der Waals surface area contributed by atoms with E-state index in [9.17, 15) is 4.79 Å². The Labute approximate surface area is 101 Å². The maximum atomic E-state index is 12.0. The molecule has 2 heterocycles. The van der Waals surface area contributed by atoms with Crippen molar-refractivity contribution >= 4 is 11.0 Å². The molecule has 17 heavy (non-hydrogen) atoms. The fourth-order valence-electron chi connectivity index (χ4n) is 2.43. The molecule has 88 valence electrons. The first-order valence-corrected chi connectivity index (χ1v) is 5.78. The first kappa shape index (κ1) is 9.42. The predicted octanol–water partition coefficient (Wildman–Crippen LogP) is 2.06. The Kier molecular flexibility index (Phi) is 2.05. The smallest absolute Gasteiger partial charge is 0.341 e. The van der Waals surface area contributed by atoms with Crippen molar-refractivity contribution in [3.63, 3.8) is 0 Å². The van der Waals surface area contributed by atoms with Gasteiger partial charge in [0.25, 0.3) is 0 Å². The lowest BCUT2D eigenvalue weighted by Crippen LogP contribution is -2.29. The zero-order chi connectivity index (χ0) is 12.9. The van der Waals surface area contributed by atoms with Crippen LogP contribution in [-0.4, -0.2) is 6.54 Å². The lowest BCUT2D eigenvalue weighted by molar-refractivity contribution is 0.524. The van der Waals surface area contributed by atoms with Gasteiger partial charge in [0.15, 0.2) is 0 Å². The molecule has 1 aliphatic heterocycles. The van der Waals surface area contributed by atoms with Gasteiger partial charge in [-0.2, -0.15) is 0 Å². The van der Waals surface area contributed by atoms with E-state index in [1.807, 2.05) is 26.0 Å². The largest absolute Gasteiger partial charge is 0.422 e. The van der Waals surface area contributed by atoms with Crippen molar-refractivity contribution in [2.45, 2.75) is 26.8 Å². The van der Waals surface area contributed by atoms with Gasteiger partial charge in [0.1, 0.15) is 5.58 Å². The molecule has 0 saturated carbocycles. The summed E-state index contributed by atoms with van der Waals surface area (Å²) in [6, 6.07) is 3.97. The summed E-state index contributed by atoms with van der Waals surface area (Å²) in [5.41, 5.74) is 3.80. The van der Waals surface area contributed by atoms with Crippen molar-refractivity contribution in [3.05, 3.63) is 44.8 Å². The topological polar surface area (TPSA) is 42.2 Å². The van der Waals surface area contributed by atoms with E-state index in [0.29, 0.717) is 24.2 Å². The highest BCUT2D eigenvalue weighted by atomic mass is 16.4. The molecular weight excluding hydrogens is 214 g/mol. The fraction of sp³-hybridized carbons (Fsp3) is 0.357. The molecular formula is C14H15NO2. The van der Waals surface area contributed by atoms with Crippen LogP contribution in [0, 0.1) is 13.8 Å². The summed E-state index contributed by atoms with van der Waals surface area (Å²) in [6.07, 6.45) is -0.402. The molecule has 1 N–H and O–H groups in total. The lowest BCUT2D eigenvalue weighted by Gasteiger charge is -2.19. The summed E-state index contributed by atoms with van der Waals surface area (Å²) < 4.78 is 13.6. The van der Waals surface area contributed by atoms with Crippen LogP contribution in [0.1, 0.15) is 23.6 Å². The van der Waals surface area contributed by atoms with Crippen LogP contribution in [0.15, 0.2) is 21.3 Å². The molecule has 3 heteroatoms. The summed E-state index contributed by atoms with van der Waals surface area (Å²) in [7, 11) is 0. The zero-order valence-corrected chi connectivity index (χ0v) is 9.96. The second-order valence-electron chi connectivity index (χ2n) is 4.52. The minimum atomic E-state index is -0.402. The van der Waals surface area contributed by atoms with Gasteiger partial charge >= 0.3 is 5.63 Å². The highest BCUT2D eigenvalue weighted by Crippen LogP contribution is 2.27. The van der Waals surface area contributed by atoms with Crippen molar-refractivity contribution < 1.29 is 5.79 Å². The second-order valence-corrected chi connectivity index (χ2v) is 4.52. The SMILES string of the molecule is [2H]C1CNCc2c1c1c(C)ccc(C)c1oc2=O. The highest BCUT2D eigenvalue weighted by Gasteiger charge is 2.19. The van der Waals surface area contributed by atoms with E-state index in [0.717, 1.165) is 22.1 Å². The lowest BCUT2D eigenvalue weighted by atomic mass is 9.94. The Morgan fingerprint density at radius 3 is 2.88 bits per heavy atom. The molecule has 3 nitrogen and oxygen atoms in total. The molecule has 0 radical (unpaired) electrons. The average Bonchev–Trinajstić information content (AvgIpc) is 2.35. The average molecular weight is 230 g/mol. The van der Waals surface area contributed by atoms with Crippen LogP contribution in [0.2, 0.25) is 0 Å². The molecule has 1 aliphatic rings. The number of fused-ring (bicyclic) bond motifs is 3. The summed E-state index contributed by atoms with van der Waals surface area (Å²) in [5.74, 6) is 0. The Bertz CT molecular complexity index is 690. The van der Waals surface area contributed by atoms with Crippen molar-refractivity contribution in [2.75, 3.05) is 6.54 Å². The van der Waals surface area contributed by atoms with E-state index in [1.165, 1.54) is 0 Å². The van der Waals surface area contributed by atoms with E-state index in [-0.39, 0.29) is 5.63 Å². The standard InChI is InChI=1S/C14H15NO2/c1-8-3-4-9(2)13-12(8)10-5-6-15-7-11(10)14(16)17-13/h3-4,15H,5-7H2,1-2H3/i5D. The van der Waals surface area contributed by atoms with Crippen LogP contribution in [0.3, 0.4) is 0 Å². The number of hydrogen-bond acceptors (Lipinski definition) is 3. The van der Waals surface area contributed by atoms with Crippen molar-refractivity contribution in [2.24, 2.45) is 0 Å². The van der Waals surface area contributed by atoms with Gasteiger partial charge in [-0.15, -0.1) is 0 Å². The maximum Gasteiger partial charge on any atom is 0.341 e. The molecule has 0 bridgehead atoms. The Morgan fingerprint density at radius 1 is 1.29 bits per heavy atom. The molecule has 0 spiro atoms.